The van der Waals surface area contributed by atoms with Gasteiger partial charge in [0.25, 0.3) is 0 Å². The number of hydrogen-bond donors (Lipinski definition) is 1. The molecule has 1 unspecified atom stereocenters. The molecule has 0 spiro atoms. The van der Waals surface area contributed by atoms with Crippen molar-refractivity contribution in [1.29, 1.82) is 0 Å². The molecule has 1 heterocycles. The molecule has 26 heavy (non-hydrogen) atoms. The van der Waals surface area contributed by atoms with Gasteiger partial charge in [-0.1, -0.05) is 83.6 Å². The second-order valence-corrected chi connectivity index (χ2v) is 7.19. The zero-order chi connectivity index (χ0) is 18.0. The number of aromatic nitrogens is 1. The van der Waals surface area contributed by atoms with Crippen molar-refractivity contribution >= 4 is 0 Å². The van der Waals surface area contributed by atoms with Gasteiger partial charge >= 0.3 is 0 Å². The van der Waals surface area contributed by atoms with E-state index >= 15 is 0 Å². The largest absolute Gasteiger partial charge is 1.00 e. The highest BCUT2D eigenvalue weighted by molar-refractivity contribution is 4.83. The van der Waals surface area contributed by atoms with E-state index in [9.17, 15) is 5.11 Å². The summed E-state index contributed by atoms with van der Waals surface area (Å²) in [7, 11) is 0. The van der Waals surface area contributed by atoms with Crippen LogP contribution in [0.15, 0.2) is 30.6 Å². The summed E-state index contributed by atoms with van der Waals surface area (Å²) in [5, 5.41) is 9.95. The number of unbranched alkanes of at least 4 members (excludes halogenated alkanes) is 11. The number of aliphatic hydroxyl groups excluding tert-OH is 1. The predicted molar refractivity (Wildman–Crippen MR) is 105 cm³/mol. The molecule has 1 aromatic rings. The lowest BCUT2D eigenvalue weighted by Crippen LogP contribution is -3.00. The van der Waals surface area contributed by atoms with Gasteiger partial charge in [0.05, 0.1) is 6.61 Å². The number of pyridine rings is 1. The van der Waals surface area contributed by atoms with Crippen molar-refractivity contribution in [2.24, 2.45) is 0 Å². The summed E-state index contributed by atoms with van der Waals surface area (Å²) in [6, 6.07) is 5.92. The van der Waals surface area contributed by atoms with Gasteiger partial charge in [0.2, 0.25) is 0 Å². The van der Waals surface area contributed by atoms with Crippen molar-refractivity contribution in [2.75, 3.05) is 13.2 Å². The summed E-state index contributed by atoms with van der Waals surface area (Å²) in [4.78, 5) is 0. The quantitative estimate of drug-likeness (QED) is 0.329. The third kappa shape index (κ3) is 15.6. The van der Waals surface area contributed by atoms with Gasteiger partial charge in [-0.3, -0.25) is 0 Å². The predicted octanol–water partition coefficient (Wildman–Crippen LogP) is 2.06. The Labute approximate surface area is 167 Å². The Balaban J connectivity index is 0.00000625. The molecular formula is C22H40ClNO2. The van der Waals surface area contributed by atoms with Gasteiger partial charge in [0, 0.05) is 18.7 Å². The van der Waals surface area contributed by atoms with Crippen LogP contribution < -0.4 is 17.0 Å². The zero-order valence-corrected chi connectivity index (χ0v) is 17.5. The van der Waals surface area contributed by atoms with Gasteiger partial charge in [-0.25, -0.2) is 4.57 Å². The average molecular weight is 386 g/mol. The molecule has 0 aliphatic carbocycles. The lowest BCUT2D eigenvalue weighted by molar-refractivity contribution is -0.703. The van der Waals surface area contributed by atoms with E-state index in [-0.39, 0.29) is 12.4 Å². The van der Waals surface area contributed by atoms with Crippen LogP contribution in [-0.4, -0.2) is 24.4 Å². The molecule has 0 amide bonds. The van der Waals surface area contributed by atoms with Crippen LogP contribution >= 0.6 is 0 Å². The van der Waals surface area contributed by atoms with E-state index in [1.165, 1.54) is 70.6 Å². The first-order valence-corrected chi connectivity index (χ1v) is 10.5. The van der Waals surface area contributed by atoms with E-state index in [1.807, 2.05) is 35.2 Å². The normalized spacial score (nSPS) is 11.9. The molecule has 0 saturated heterocycles. The van der Waals surface area contributed by atoms with Crippen LogP contribution in [0.25, 0.3) is 0 Å². The van der Waals surface area contributed by atoms with Crippen LogP contribution in [0, 0.1) is 0 Å². The van der Waals surface area contributed by atoms with Gasteiger partial charge in [0.15, 0.2) is 18.9 Å². The Kier molecular flexibility index (Phi) is 18.7. The molecule has 0 aliphatic rings. The summed E-state index contributed by atoms with van der Waals surface area (Å²) < 4.78 is 7.58. The fourth-order valence-corrected chi connectivity index (χ4v) is 3.12. The molecule has 3 nitrogen and oxygen atoms in total. The molecule has 1 aromatic heterocycles. The van der Waals surface area contributed by atoms with Crippen LogP contribution in [0.5, 0.6) is 0 Å². The highest BCUT2D eigenvalue weighted by Gasteiger charge is 2.10. The van der Waals surface area contributed by atoms with Crippen molar-refractivity contribution in [3.8, 4) is 0 Å². The Hall–Kier alpha value is -0.640. The molecular weight excluding hydrogens is 346 g/mol. The first kappa shape index (κ1) is 25.4. The maximum atomic E-state index is 9.95. The van der Waals surface area contributed by atoms with Crippen molar-refractivity contribution in [1.82, 2.24) is 0 Å². The standard InChI is InChI=1S/C22H40NO2.ClH/c1-2-3-4-5-6-7-8-9-10-11-12-16-19-25-21-22(24)20-23-17-14-13-15-18-23;/h13-15,17-18,22,24H,2-12,16,19-21H2,1H3;1H/q+1;/p-1. The highest BCUT2D eigenvalue weighted by Crippen LogP contribution is 2.11. The summed E-state index contributed by atoms with van der Waals surface area (Å²) >= 11 is 0. The van der Waals surface area contributed by atoms with Crippen LogP contribution in [0.4, 0.5) is 0 Å². The molecule has 0 aromatic carbocycles. The maximum Gasteiger partial charge on any atom is 0.176 e. The molecule has 1 N–H and O–H groups in total. The molecule has 0 bridgehead atoms. The smallest absolute Gasteiger partial charge is 0.176 e. The van der Waals surface area contributed by atoms with Crippen LogP contribution in [0.2, 0.25) is 0 Å². The fourth-order valence-electron chi connectivity index (χ4n) is 3.12. The Morgan fingerprint density at radius 2 is 1.27 bits per heavy atom. The summed E-state index contributed by atoms with van der Waals surface area (Å²) in [6.45, 7) is 4.07. The van der Waals surface area contributed by atoms with Gasteiger partial charge < -0.3 is 22.3 Å². The van der Waals surface area contributed by atoms with E-state index in [1.54, 1.807) is 0 Å². The number of ether oxygens (including phenoxy) is 1. The van der Waals surface area contributed by atoms with Crippen molar-refractivity contribution in [3.63, 3.8) is 0 Å². The molecule has 0 saturated carbocycles. The lowest BCUT2D eigenvalue weighted by Gasteiger charge is -2.08. The number of aliphatic hydroxyl groups is 1. The minimum absolute atomic E-state index is 0. The number of nitrogens with zero attached hydrogens (tertiary/aromatic N) is 1. The van der Waals surface area contributed by atoms with Gasteiger partial charge in [-0.05, 0) is 6.42 Å². The van der Waals surface area contributed by atoms with Crippen LogP contribution in [0.1, 0.15) is 84.0 Å². The van der Waals surface area contributed by atoms with Crippen molar-refractivity contribution in [2.45, 2.75) is 96.6 Å². The minimum atomic E-state index is -0.426. The second-order valence-electron chi connectivity index (χ2n) is 7.19. The molecule has 0 aliphatic heterocycles. The van der Waals surface area contributed by atoms with Crippen LogP contribution in [-0.2, 0) is 11.3 Å². The highest BCUT2D eigenvalue weighted by atomic mass is 35.5. The van der Waals surface area contributed by atoms with E-state index < -0.39 is 6.10 Å². The first-order valence-electron chi connectivity index (χ1n) is 10.5. The zero-order valence-electron chi connectivity index (χ0n) is 16.8. The first-order chi connectivity index (χ1) is 12.3. The topological polar surface area (TPSA) is 33.3 Å². The Morgan fingerprint density at radius 3 is 1.81 bits per heavy atom. The van der Waals surface area contributed by atoms with Gasteiger partial charge in [-0.2, -0.15) is 0 Å². The van der Waals surface area contributed by atoms with E-state index in [0.717, 1.165) is 13.0 Å². The Bertz CT molecular complexity index is 389. The van der Waals surface area contributed by atoms with E-state index in [2.05, 4.69) is 6.92 Å². The van der Waals surface area contributed by atoms with Gasteiger partial charge in [-0.15, -0.1) is 0 Å². The van der Waals surface area contributed by atoms with Crippen LogP contribution in [0.3, 0.4) is 0 Å². The Morgan fingerprint density at radius 1 is 0.769 bits per heavy atom. The fraction of sp³-hybridized carbons (Fsp3) is 0.773. The van der Waals surface area contributed by atoms with E-state index in [0.29, 0.717) is 13.2 Å². The minimum Gasteiger partial charge on any atom is -1.00 e. The molecule has 1 rings (SSSR count). The third-order valence-electron chi connectivity index (χ3n) is 4.65. The summed E-state index contributed by atoms with van der Waals surface area (Å²) in [5.74, 6) is 0. The molecule has 0 radical (unpaired) electrons. The van der Waals surface area contributed by atoms with E-state index in [4.69, 9.17) is 4.74 Å². The monoisotopic (exact) mass is 385 g/mol. The van der Waals surface area contributed by atoms with Gasteiger partial charge in [0.1, 0.15) is 6.10 Å². The molecule has 0 fully saturated rings. The average Bonchev–Trinajstić information content (AvgIpc) is 2.63. The van der Waals surface area contributed by atoms with Crippen molar-refractivity contribution in [3.05, 3.63) is 30.6 Å². The number of hydrogen-bond acceptors (Lipinski definition) is 2. The summed E-state index contributed by atoms with van der Waals surface area (Å²) in [5.41, 5.74) is 0. The number of halogens is 1. The maximum absolute atomic E-state index is 9.95. The SMILES string of the molecule is CCCCCCCCCCCCCCOCC(O)C[n+]1ccccc1.[Cl-]. The lowest BCUT2D eigenvalue weighted by atomic mass is 10.1. The second kappa shape index (κ2) is 19.1. The molecule has 152 valence electrons. The third-order valence-corrected chi connectivity index (χ3v) is 4.65. The van der Waals surface area contributed by atoms with Crippen molar-refractivity contribution < 1.29 is 26.8 Å². The number of rotatable bonds is 17. The molecule has 4 heteroatoms. The summed E-state index contributed by atoms with van der Waals surface area (Å²) in [6.07, 6.45) is 19.8. The molecule has 1 atom stereocenters.